The Labute approximate surface area is 105 Å². The third kappa shape index (κ3) is 2.67. The smallest absolute Gasteiger partial charge is 0.386 e. The topological polar surface area (TPSA) is 95.7 Å². The van der Waals surface area contributed by atoms with E-state index in [4.69, 9.17) is 23.2 Å². The Morgan fingerprint density at radius 3 is 2.59 bits per heavy atom. The number of carbonyl (C=O) groups excluding carboxylic acids is 2. The predicted octanol–water partition coefficient (Wildman–Crippen LogP) is 0.809. The standard InChI is InChI=1S/C8H7Cl2NO6/c1-2-16-8(13)5(11(14)15)6-3(9)4(10)7(12)17-6/h5-6H,2H2,1H3. The van der Waals surface area contributed by atoms with Gasteiger partial charge in [-0.15, -0.1) is 0 Å². The zero-order valence-corrected chi connectivity index (χ0v) is 10.0. The van der Waals surface area contributed by atoms with Gasteiger partial charge in [0.25, 0.3) is 0 Å². The van der Waals surface area contributed by atoms with Crippen molar-refractivity contribution in [2.45, 2.75) is 19.1 Å². The Morgan fingerprint density at radius 1 is 1.65 bits per heavy atom. The third-order valence-electron chi connectivity index (χ3n) is 1.91. The summed E-state index contributed by atoms with van der Waals surface area (Å²) in [6.45, 7) is 1.44. The first kappa shape index (κ1) is 13.7. The molecule has 0 fully saturated rings. The number of nitro groups is 1. The fraction of sp³-hybridized carbons (Fsp3) is 0.500. The highest BCUT2D eigenvalue weighted by Crippen LogP contribution is 2.31. The number of nitrogens with zero attached hydrogens (tertiary/aromatic N) is 1. The first-order valence-corrected chi connectivity index (χ1v) is 5.22. The minimum absolute atomic E-state index is 0.0428. The third-order valence-corrected chi connectivity index (χ3v) is 2.77. The molecular formula is C8H7Cl2NO6. The maximum Gasteiger partial charge on any atom is 0.386 e. The summed E-state index contributed by atoms with van der Waals surface area (Å²) in [5.74, 6) is -2.14. The van der Waals surface area contributed by atoms with Gasteiger partial charge in [0.15, 0.2) is 0 Å². The van der Waals surface area contributed by atoms with E-state index >= 15 is 0 Å². The molecule has 2 atom stereocenters. The minimum atomic E-state index is -1.91. The number of ether oxygens (including phenoxy) is 2. The van der Waals surface area contributed by atoms with Gasteiger partial charge in [0.05, 0.1) is 11.6 Å². The second-order valence-corrected chi connectivity index (χ2v) is 3.76. The monoisotopic (exact) mass is 283 g/mol. The van der Waals surface area contributed by atoms with Gasteiger partial charge in [-0.25, -0.2) is 9.59 Å². The maximum absolute atomic E-state index is 11.4. The van der Waals surface area contributed by atoms with Crippen LogP contribution in [0.5, 0.6) is 0 Å². The van der Waals surface area contributed by atoms with Crippen molar-refractivity contribution in [3.8, 4) is 0 Å². The largest absolute Gasteiger partial charge is 0.461 e. The average Bonchev–Trinajstić information content (AvgIpc) is 2.47. The summed E-state index contributed by atoms with van der Waals surface area (Å²) in [7, 11) is 0. The van der Waals surface area contributed by atoms with Gasteiger partial charge in [-0.05, 0) is 6.92 Å². The molecule has 0 aromatic carbocycles. The summed E-state index contributed by atoms with van der Waals surface area (Å²) in [4.78, 5) is 32.2. The molecule has 1 aliphatic heterocycles. The summed E-state index contributed by atoms with van der Waals surface area (Å²) in [5.41, 5.74) is 0. The minimum Gasteiger partial charge on any atom is -0.461 e. The summed E-state index contributed by atoms with van der Waals surface area (Å²) in [6.07, 6.45) is -1.54. The van der Waals surface area contributed by atoms with Gasteiger partial charge < -0.3 is 9.47 Å². The Kier molecular flexibility index (Phi) is 4.30. The van der Waals surface area contributed by atoms with Crippen LogP contribution >= 0.6 is 23.2 Å². The van der Waals surface area contributed by atoms with Crippen LogP contribution in [0, 0.1) is 10.1 Å². The van der Waals surface area contributed by atoms with Crippen molar-refractivity contribution in [3.05, 3.63) is 20.2 Å². The SMILES string of the molecule is CCOC(=O)C(C1OC(=O)C(Cl)=C1Cl)[N+](=O)[O-]. The van der Waals surface area contributed by atoms with Crippen LogP contribution in [0.1, 0.15) is 6.92 Å². The lowest BCUT2D eigenvalue weighted by molar-refractivity contribution is -0.518. The fourth-order valence-electron chi connectivity index (χ4n) is 1.19. The molecule has 0 saturated heterocycles. The molecule has 0 aromatic heterocycles. The van der Waals surface area contributed by atoms with Gasteiger partial charge in [0.1, 0.15) is 5.03 Å². The average molecular weight is 284 g/mol. The highest BCUT2D eigenvalue weighted by atomic mass is 35.5. The quantitative estimate of drug-likeness (QED) is 0.430. The summed E-state index contributed by atoms with van der Waals surface area (Å²) in [6, 6.07) is -1.91. The molecule has 0 amide bonds. The van der Waals surface area contributed by atoms with Crippen LogP contribution in [-0.4, -0.2) is 35.6 Å². The number of rotatable bonds is 4. The molecule has 0 spiro atoms. The second kappa shape index (κ2) is 5.33. The molecule has 0 aliphatic carbocycles. The van der Waals surface area contributed by atoms with Crippen molar-refractivity contribution < 1.29 is 24.0 Å². The lowest BCUT2D eigenvalue weighted by Crippen LogP contribution is -2.42. The number of carbonyl (C=O) groups is 2. The van der Waals surface area contributed by atoms with E-state index in [0.29, 0.717) is 0 Å². The molecule has 1 aliphatic rings. The lowest BCUT2D eigenvalue weighted by atomic mass is 10.1. The molecule has 0 bridgehead atoms. The van der Waals surface area contributed by atoms with Crippen LogP contribution in [0.4, 0.5) is 0 Å². The van der Waals surface area contributed by atoms with E-state index < -0.39 is 34.0 Å². The van der Waals surface area contributed by atoms with Gasteiger partial charge in [0.2, 0.25) is 6.10 Å². The maximum atomic E-state index is 11.4. The zero-order valence-electron chi connectivity index (χ0n) is 8.51. The van der Waals surface area contributed by atoms with Crippen LogP contribution in [0.2, 0.25) is 0 Å². The number of hydrogen-bond donors (Lipinski definition) is 0. The van der Waals surface area contributed by atoms with Crippen LogP contribution in [-0.2, 0) is 19.1 Å². The van der Waals surface area contributed by atoms with Crippen molar-refractivity contribution in [2.24, 2.45) is 0 Å². The number of halogens is 2. The highest BCUT2D eigenvalue weighted by molar-refractivity contribution is 6.48. The highest BCUT2D eigenvalue weighted by Gasteiger charge is 2.49. The summed E-state index contributed by atoms with van der Waals surface area (Å²) >= 11 is 11.0. The predicted molar refractivity (Wildman–Crippen MR) is 56.0 cm³/mol. The molecule has 94 valence electrons. The molecule has 9 heteroatoms. The van der Waals surface area contributed by atoms with Crippen molar-refractivity contribution in [1.82, 2.24) is 0 Å². The van der Waals surface area contributed by atoms with Gasteiger partial charge in [-0.1, -0.05) is 23.2 Å². The van der Waals surface area contributed by atoms with Crippen molar-refractivity contribution >= 4 is 35.1 Å². The molecule has 2 unspecified atom stereocenters. The van der Waals surface area contributed by atoms with Gasteiger partial charge in [-0.2, -0.15) is 0 Å². The first-order chi connectivity index (χ1) is 7.90. The van der Waals surface area contributed by atoms with Gasteiger partial charge >= 0.3 is 18.0 Å². The number of cyclic esters (lactones) is 1. The summed E-state index contributed by atoms with van der Waals surface area (Å²) in [5, 5.41) is 9.92. The normalized spacial score (nSPS) is 21.1. The second-order valence-electron chi connectivity index (χ2n) is 2.97. The van der Waals surface area contributed by atoms with Crippen molar-refractivity contribution in [2.75, 3.05) is 6.61 Å². The van der Waals surface area contributed by atoms with E-state index in [-0.39, 0.29) is 11.6 Å². The van der Waals surface area contributed by atoms with Crippen LogP contribution in [0.25, 0.3) is 0 Å². The van der Waals surface area contributed by atoms with E-state index in [1.807, 2.05) is 0 Å². The molecule has 0 saturated carbocycles. The van der Waals surface area contributed by atoms with Gasteiger partial charge in [0, 0.05) is 4.92 Å². The van der Waals surface area contributed by atoms with Crippen LogP contribution in [0.15, 0.2) is 10.1 Å². The fourth-order valence-corrected chi connectivity index (χ4v) is 1.59. The molecule has 0 radical (unpaired) electrons. The molecular weight excluding hydrogens is 277 g/mol. The Bertz CT molecular complexity index is 407. The van der Waals surface area contributed by atoms with Gasteiger partial charge in [-0.3, -0.25) is 10.1 Å². The lowest BCUT2D eigenvalue weighted by Gasteiger charge is -2.14. The van der Waals surface area contributed by atoms with E-state index in [1.165, 1.54) is 6.92 Å². The Hall–Kier alpha value is -1.34. The van der Waals surface area contributed by atoms with E-state index in [9.17, 15) is 19.7 Å². The van der Waals surface area contributed by atoms with Crippen LogP contribution in [0.3, 0.4) is 0 Å². The molecule has 0 N–H and O–H groups in total. The van der Waals surface area contributed by atoms with E-state index in [0.717, 1.165) is 0 Å². The Morgan fingerprint density at radius 2 is 2.24 bits per heavy atom. The number of hydrogen-bond acceptors (Lipinski definition) is 6. The van der Waals surface area contributed by atoms with Crippen LogP contribution < -0.4 is 0 Å². The zero-order chi connectivity index (χ0) is 13.2. The van der Waals surface area contributed by atoms with E-state index in [1.54, 1.807) is 0 Å². The molecule has 1 rings (SSSR count). The molecule has 1 heterocycles. The Balaban J connectivity index is 2.99. The summed E-state index contributed by atoms with van der Waals surface area (Å²) < 4.78 is 9.06. The molecule has 17 heavy (non-hydrogen) atoms. The number of esters is 2. The molecule has 7 nitrogen and oxygen atoms in total. The van der Waals surface area contributed by atoms with Crippen molar-refractivity contribution in [1.29, 1.82) is 0 Å². The first-order valence-electron chi connectivity index (χ1n) is 4.46. The van der Waals surface area contributed by atoms with E-state index in [2.05, 4.69) is 9.47 Å². The molecule has 0 aromatic rings. The van der Waals surface area contributed by atoms with Crippen molar-refractivity contribution in [3.63, 3.8) is 0 Å².